The Kier molecular flexibility index (Phi) is 9.51. The van der Waals surface area contributed by atoms with Gasteiger partial charge in [-0.15, -0.1) is 0 Å². The van der Waals surface area contributed by atoms with Crippen LogP contribution >= 0.6 is 11.3 Å². The van der Waals surface area contributed by atoms with Gasteiger partial charge < -0.3 is 9.64 Å². The lowest BCUT2D eigenvalue weighted by atomic mass is 9.54. The van der Waals surface area contributed by atoms with Crippen LogP contribution in [0.3, 0.4) is 0 Å². The van der Waals surface area contributed by atoms with Crippen molar-refractivity contribution in [3.63, 3.8) is 0 Å². The van der Waals surface area contributed by atoms with Gasteiger partial charge in [0.15, 0.2) is 5.13 Å². The molecule has 2 aromatic carbocycles. The Bertz CT molecular complexity index is 2460. The van der Waals surface area contributed by atoms with E-state index < -0.39 is 21.2 Å². The number of amides is 2. The molecule has 2 N–H and O–H groups in total. The van der Waals surface area contributed by atoms with Crippen molar-refractivity contribution in [3.8, 4) is 11.1 Å². The third-order valence-corrected chi connectivity index (χ3v) is 15.4. The fourth-order valence-corrected chi connectivity index (χ4v) is 12.5. The first-order valence-corrected chi connectivity index (χ1v) is 22.4. The Morgan fingerprint density at radius 3 is 2.46 bits per heavy atom. The Hall–Kier alpha value is -4.66. The van der Waals surface area contributed by atoms with Crippen LogP contribution in [-0.2, 0) is 34.3 Å². The van der Waals surface area contributed by atoms with Gasteiger partial charge in [-0.05, 0) is 117 Å². The third kappa shape index (κ3) is 7.25. The molecule has 3 saturated carbocycles. The van der Waals surface area contributed by atoms with Crippen LogP contribution in [-0.4, -0.2) is 64.5 Å². The van der Waals surface area contributed by atoms with Gasteiger partial charge in [0.25, 0.3) is 11.8 Å². The molecule has 1 aliphatic heterocycles. The number of pyridine rings is 1. The molecule has 4 aliphatic rings. The van der Waals surface area contributed by atoms with Crippen molar-refractivity contribution in [1.29, 1.82) is 0 Å². The number of carbonyl (C=O) groups is 2. The highest BCUT2D eigenvalue weighted by atomic mass is 32.2. The van der Waals surface area contributed by atoms with Gasteiger partial charge >= 0.3 is 0 Å². The van der Waals surface area contributed by atoms with E-state index in [1.54, 1.807) is 6.20 Å². The number of para-hydroxylation sites is 1. The number of fused-ring (bicyclic) bond motifs is 4. The van der Waals surface area contributed by atoms with Gasteiger partial charge in [0.2, 0.25) is 10.0 Å². The minimum atomic E-state index is -3.85. The van der Waals surface area contributed by atoms with Crippen LogP contribution in [0.5, 0.6) is 0 Å². The number of ether oxygens (including phenoxy) is 1. The molecule has 0 spiro atoms. The molecule has 9 rings (SSSR count). The molecule has 2 amide bonds. The summed E-state index contributed by atoms with van der Waals surface area (Å²) >= 11 is 1.43. The van der Waals surface area contributed by atoms with Crippen LogP contribution in [0.2, 0.25) is 0 Å². The second-order valence-corrected chi connectivity index (χ2v) is 20.2. The van der Waals surface area contributed by atoms with Crippen molar-refractivity contribution in [2.24, 2.45) is 17.3 Å². The SMILES string of the molecule is COC12CC(C)CC(Cn3ncc(-c4ccc(N5CCc6cccc(C(=O)Nc7nc8ccccc8s7)c6C5)nc4C(=O)NS(=O)(=O)C4CC4)c3C)(CC(C)C1)C2. The number of sulfonamides is 1. The first-order valence-electron chi connectivity index (χ1n) is 20.0. The highest BCUT2D eigenvalue weighted by Gasteiger charge is 2.52. The van der Waals surface area contributed by atoms with Crippen LogP contribution < -0.4 is 14.9 Å². The van der Waals surface area contributed by atoms with Crippen molar-refractivity contribution in [1.82, 2.24) is 24.5 Å². The molecule has 14 heteroatoms. The summed E-state index contributed by atoms with van der Waals surface area (Å²) in [5.74, 6) is 0.587. The van der Waals surface area contributed by atoms with Gasteiger partial charge in [-0.1, -0.05) is 49.4 Å². The molecule has 2 atom stereocenters. The van der Waals surface area contributed by atoms with Gasteiger partial charge in [0.1, 0.15) is 11.5 Å². The van der Waals surface area contributed by atoms with E-state index in [-0.39, 0.29) is 22.6 Å². The summed E-state index contributed by atoms with van der Waals surface area (Å²) in [7, 11) is -1.99. The molecule has 12 nitrogen and oxygen atoms in total. The van der Waals surface area contributed by atoms with Crippen LogP contribution in [0.25, 0.3) is 21.3 Å². The molecule has 57 heavy (non-hydrogen) atoms. The topological polar surface area (TPSA) is 148 Å². The van der Waals surface area contributed by atoms with E-state index in [1.807, 2.05) is 73.5 Å². The smallest absolute Gasteiger partial charge is 0.284 e. The number of benzene rings is 2. The normalized spacial score (nSPS) is 24.6. The number of hydrogen-bond donors (Lipinski definition) is 2. The van der Waals surface area contributed by atoms with E-state index in [0.29, 0.717) is 66.3 Å². The second-order valence-electron chi connectivity index (χ2n) is 17.2. The highest BCUT2D eigenvalue weighted by Crippen LogP contribution is 2.57. The minimum Gasteiger partial charge on any atom is -0.378 e. The summed E-state index contributed by atoms with van der Waals surface area (Å²) in [4.78, 5) is 39.3. The predicted octanol–water partition coefficient (Wildman–Crippen LogP) is 7.52. The Morgan fingerprint density at radius 2 is 1.72 bits per heavy atom. The fraction of sp³-hybridized carbons (Fsp3) is 0.465. The number of anilines is 2. The average Bonchev–Trinajstić information content (AvgIpc) is 3.89. The number of thiazole rings is 1. The Labute approximate surface area is 337 Å². The highest BCUT2D eigenvalue weighted by molar-refractivity contribution is 7.91. The predicted molar refractivity (Wildman–Crippen MR) is 222 cm³/mol. The molecule has 0 radical (unpaired) electrons. The number of hydrogen-bond acceptors (Lipinski definition) is 10. The van der Waals surface area contributed by atoms with Gasteiger partial charge in [0, 0.05) is 49.1 Å². The lowest BCUT2D eigenvalue weighted by molar-refractivity contribution is -0.146. The minimum absolute atomic E-state index is 0.0289. The largest absolute Gasteiger partial charge is 0.378 e. The number of rotatable bonds is 10. The zero-order valence-corrected chi connectivity index (χ0v) is 34.5. The molecule has 5 aromatic rings. The molecule has 298 valence electrons. The van der Waals surface area contributed by atoms with E-state index in [2.05, 4.69) is 33.6 Å². The van der Waals surface area contributed by atoms with E-state index in [4.69, 9.17) is 14.8 Å². The molecule has 3 aromatic heterocycles. The zero-order chi connectivity index (χ0) is 39.7. The van der Waals surface area contributed by atoms with Gasteiger partial charge in [0.05, 0.1) is 27.3 Å². The van der Waals surface area contributed by atoms with Gasteiger partial charge in [-0.2, -0.15) is 5.10 Å². The molecule has 4 heterocycles. The summed E-state index contributed by atoms with van der Waals surface area (Å²) in [6.45, 7) is 8.39. The fourth-order valence-electron chi connectivity index (χ4n) is 10.4. The van der Waals surface area contributed by atoms with E-state index >= 15 is 0 Å². The van der Waals surface area contributed by atoms with Crippen LogP contribution in [0, 0.1) is 24.2 Å². The molecule has 0 saturated heterocycles. The lowest BCUT2D eigenvalue weighted by Crippen LogP contribution is -2.52. The summed E-state index contributed by atoms with van der Waals surface area (Å²) in [5.41, 5.74) is 5.43. The van der Waals surface area contributed by atoms with Gasteiger partial charge in [-0.25, -0.2) is 23.1 Å². The van der Waals surface area contributed by atoms with Crippen molar-refractivity contribution < 1.29 is 22.7 Å². The number of carbonyl (C=O) groups excluding carboxylic acids is 2. The maximum absolute atomic E-state index is 14.0. The van der Waals surface area contributed by atoms with Crippen molar-refractivity contribution >= 4 is 54.3 Å². The second kappa shape index (κ2) is 14.3. The number of aromatic nitrogens is 4. The summed E-state index contributed by atoms with van der Waals surface area (Å²) in [6, 6.07) is 17.3. The summed E-state index contributed by atoms with van der Waals surface area (Å²) in [5, 5.41) is 7.85. The molecule has 2 bridgehead atoms. The van der Waals surface area contributed by atoms with Crippen LogP contribution in [0.4, 0.5) is 10.9 Å². The quantitative estimate of drug-likeness (QED) is 0.146. The number of nitrogens with one attached hydrogen (secondary N) is 2. The summed E-state index contributed by atoms with van der Waals surface area (Å²) in [6.07, 6.45) is 8.83. The van der Waals surface area contributed by atoms with Crippen LogP contribution in [0.15, 0.2) is 60.8 Å². The first-order chi connectivity index (χ1) is 27.3. The van der Waals surface area contributed by atoms with Gasteiger partial charge in [-0.3, -0.25) is 19.6 Å². The molecule has 2 unspecified atom stereocenters. The monoisotopic (exact) mass is 807 g/mol. The zero-order valence-electron chi connectivity index (χ0n) is 32.9. The van der Waals surface area contributed by atoms with Crippen molar-refractivity contribution in [3.05, 3.63) is 88.9 Å². The first kappa shape index (κ1) is 37.9. The average molecular weight is 808 g/mol. The molecule has 3 aliphatic carbocycles. The third-order valence-electron chi connectivity index (χ3n) is 12.7. The molecular weight excluding hydrogens is 759 g/mol. The number of methoxy groups -OCH3 is 1. The van der Waals surface area contributed by atoms with Crippen molar-refractivity contribution in [2.75, 3.05) is 23.9 Å². The maximum atomic E-state index is 14.0. The van der Waals surface area contributed by atoms with E-state index in [1.165, 1.54) is 11.3 Å². The van der Waals surface area contributed by atoms with Crippen molar-refractivity contribution in [2.45, 2.75) is 96.1 Å². The number of nitrogens with zero attached hydrogens (tertiary/aromatic N) is 5. The maximum Gasteiger partial charge on any atom is 0.284 e. The lowest BCUT2D eigenvalue weighted by Gasteiger charge is -2.55. The van der Waals surface area contributed by atoms with E-state index in [9.17, 15) is 18.0 Å². The molecular formula is C43H49N7O5S2. The Morgan fingerprint density at radius 1 is 0.947 bits per heavy atom. The van der Waals surface area contributed by atoms with E-state index in [0.717, 1.165) is 71.2 Å². The molecule has 3 fully saturated rings. The Balaban J connectivity index is 1.02. The standard InChI is InChI=1S/C43H49N7O5S2/c1-26-18-42(19-27(2)21-43(20-26,24-42)55-4)25-50-28(3)33(22-44-50)31-14-15-37(46-38(31)40(52)48-57(53,54)30-12-13-30)49-17-16-29-8-7-9-32(34(29)23-49)39(51)47-41-45-35-10-5-6-11-36(35)56-41/h5-11,14-15,22,26-27,30H,12-13,16-21,23-25H2,1-4H3,(H,48,52)(H,45,47,51). The van der Waals surface area contributed by atoms with Crippen LogP contribution in [0.1, 0.15) is 96.5 Å². The summed E-state index contributed by atoms with van der Waals surface area (Å²) < 4.78 is 37.8.